The number of halogens is 9. The zero-order valence-corrected chi connectivity index (χ0v) is 18.4. The Bertz CT molecular complexity index is 662. The van der Waals surface area contributed by atoms with E-state index in [4.69, 9.17) is 5.73 Å². The molecule has 1 amide bonds. The predicted octanol–water partition coefficient (Wildman–Crippen LogP) is 2.65. The average molecular weight is 508 g/mol. The first-order chi connectivity index (χ1) is 14.6. The number of ether oxygens (including phenoxy) is 1. The summed E-state index contributed by atoms with van der Waals surface area (Å²) in [5.74, 6) is -2.49. The standard InChI is InChI=1S/C18H29F9N2O4/c1-5-13(3,19)15(20,17(22,23)24)9-33-14(4,6-2)16(21,18(25,26)27)12(32)29-8-11(31)10(30)7-28/h10-11,30-31H,5-9,28H2,1-4H3,(H,29,32). The molecule has 6 atom stereocenters. The van der Waals surface area contributed by atoms with Crippen LogP contribution in [-0.4, -0.2) is 83.0 Å². The average Bonchev–Trinajstić information content (AvgIpc) is 2.71. The van der Waals surface area contributed by atoms with Gasteiger partial charge in [0, 0.05) is 13.1 Å². The molecule has 0 bridgehead atoms. The summed E-state index contributed by atoms with van der Waals surface area (Å²) >= 11 is 0. The van der Waals surface area contributed by atoms with Crippen molar-refractivity contribution in [3.63, 3.8) is 0 Å². The lowest BCUT2D eigenvalue weighted by Crippen LogP contribution is -2.69. The SMILES string of the molecule is CCC(C)(F)C(F)(COC(C)(CC)C(F)(C(=O)NCC(O)C(O)CN)C(F)(F)F)C(F)(F)F. The molecule has 0 heterocycles. The second-order valence-electron chi connectivity index (χ2n) is 7.96. The molecule has 0 radical (unpaired) electrons. The van der Waals surface area contributed by atoms with Gasteiger partial charge in [-0.1, -0.05) is 13.8 Å². The van der Waals surface area contributed by atoms with Gasteiger partial charge in [0.1, 0.15) is 5.60 Å². The topological polar surface area (TPSA) is 105 Å². The molecule has 0 aliphatic rings. The summed E-state index contributed by atoms with van der Waals surface area (Å²) in [7, 11) is 0. The van der Waals surface area contributed by atoms with Crippen molar-refractivity contribution in [3.8, 4) is 0 Å². The molecule has 0 aromatic rings. The Balaban J connectivity index is 6.22. The fourth-order valence-electron chi connectivity index (χ4n) is 2.79. The number of alkyl halides is 9. The van der Waals surface area contributed by atoms with Crippen LogP contribution in [-0.2, 0) is 9.53 Å². The zero-order valence-electron chi connectivity index (χ0n) is 18.4. The van der Waals surface area contributed by atoms with Crippen LogP contribution in [0.3, 0.4) is 0 Å². The third-order valence-corrected chi connectivity index (χ3v) is 5.79. The quantitative estimate of drug-likeness (QED) is 0.304. The summed E-state index contributed by atoms with van der Waals surface area (Å²) in [6.07, 6.45) is -17.8. The number of carbonyl (C=O) groups excluding carboxylic acids is 1. The van der Waals surface area contributed by atoms with Crippen LogP contribution in [0.15, 0.2) is 0 Å². The van der Waals surface area contributed by atoms with Crippen molar-refractivity contribution in [1.82, 2.24) is 5.32 Å². The van der Waals surface area contributed by atoms with Crippen molar-refractivity contribution in [3.05, 3.63) is 0 Å². The third kappa shape index (κ3) is 6.03. The number of hydrogen-bond donors (Lipinski definition) is 4. The highest BCUT2D eigenvalue weighted by Gasteiger charge is 2.74. The Hall–Kier alpha value is -1.32. The smallest absolute Gasteiger partial charge is 0.389 e. The second kappa shape index (κ2) is 10.5. The molecular weight excluding hydrogens is 479 g/mol. The highest BCUT2D eigenvalue weighted by atomic mass is 19.4. The summed E-state index contributed by atoms with van der Waals surface area (Å²) in [5, 5.41) is 20.2. The van der Waals surface area contributed by atoms with E-state index in [1.807, 2.05) is 0 Å². The van der Waals surface area contributed by atoms with Gasteiger partial charge < -0.3 is 26.0 Å². The molecule has 0 aliphatic carbocycles. The zero-order chi connectivity index (χ0) is 26.7. The van der Waals surface area contributed by atoms with E-state index in [2.05, 4.69) is 4.74 Å². The number of hydrogen-bond acceptors (Lipinski definition) is 5. The second-order valence-corrected chi connectivity index (χ2v) is 7.96. The molecule has 0 spiro atoms. The van der Waals surface area contributed by atoms with Gasteiger partial charge in [0.25, 0.3) is 11.6 Å². The van der Waals surface area contributed by atoms with E-state index in [0.717, 1.165) is 13.8 Å². The minimum atomic E-state index is -6.10. The summed E-state index contributed by atoms with van der Waals surface area (Å²) in [6, 6.07) is 0. The molecule has 0 saturated carbocycles. The highest BCUT2D eigenvalue weighted by molar-refractivity contribution is 5.87. The van der Waals surface area contributed by atoms with Gasteiger partial charge in [0.15, 0.2) is 5.67 Å². The van der Waals surface area contributed by atoms with Crippen LogP contribution in [0.25, 0.3) is 0 Å². The number of nitrogens with one attached hydrogen (secondary N) is 1. The van der Waals surface area contributed by atoms with Gasteiger partial charge >= 0.3 is 18.0 Å². The van der Waals surface area contributed by atoms with Crippen molar-refractivity contribution in [2.75, 3.05) is 19.7 Å². The molecule has 5 N–H and O–H groups in total. The molecule has 33 heavy (non-hydrogen) atoms. The van der Waals surface area contributed by atoms with Gasteiger partial charge in [0.2, 0.25) is 0 Å². The fraction of sp³-hybridized carbons (Fsp3) is 0.944. The number of nitrogens with two attached hydrogens (primary N) is 1. The van der Waals surface area contributed by atoms with E-state index in [-0.39, 0.29) is 13.8 Å². The van der Waals surface area contributed by atoms with Crippen molar-refractivity contribution in [1.29, 1.82) is 0 Å². The minimum absolute atomic E-state index is 0.219. The van der Waals surface area contributed by atoms with Crippen molar-refractivity contribution < 1.29 is 59.3 Å². The first-order valence-corrected chi connectivity index (χ1v) is 9.80. The van der Waals surface area contributed by atoms with E-state index in [1.165, 1.54) is 5.32 Å². The Kier molecular flexibility index (Phi) is 10.1. The van der Waals surface area contributed by atoms with Crippen LogP contribution < -0.4 is 11.1 Å². The summed E-state index contributed by atoms with van der Waals surface area (Å²) in [6.45, 7) is -1.90. The van der Waals surface area contributed by atoms with Crippen molar-refractivity contribution >= 4 is 5.91 Å². The maximum absolute atomic E-state index is 15.4. The van der Waals surface area contributed by atoms with E-state index in [0.29, 0.717) is 0 Å². The van der Waals surface area contributed by atoms with E-state index in [9.17, 15) is 50.1 Å². The number of aliphatic hydroxyl groups excluding tert-OH is 2. The molecule has 0 aliphatic heterocycles. The van der Waals surface area contributed by atoms with Gasteiger partial charge in [-0.3, -0.25) is 4.79 Å². The van der Waals surface area contributed by atoms with Crippen LogP contribution in [0, 0.1) is 0 Å². The lowest BCUT2D eigenvalue weighted by atomic mass is 9.80. The molecule has 0 rings (SSSR count). The molecular formula is C18H29F9N2O4. The lowest BCUT2D eigenvalue weighted by molar-refractivity contribution is -0.318. The summed E-state index contributed by atoms with van der Waals surface area (Å²) in [5.41, 5.74) is -12.0. The molecule has 6 unspecified atom stereocenters. The molecule has 198 valence electrons. The highest BCUT2D eigenvalue weighted by Crippen LogP contribution is 2.50. The third-order valence-electron chi connectivity index (χ3n) is 5.79. The molecule has 0 aromatic carbocycles. The minimum Gasteiger partial charge on any atom is -0.389 e. The Morgan fingerprint density at radius 2 is 1.39 bits per heavy atom. The number of rotatable bonds is 12. The monoisotopic (exact) mass is 508 g/mol. The van der Waals surface area contributed by atoms with Crippen LogP contribution in [0.4, 0.5) is 39.5 Å². The molecule has 0 saturated heterocycles. The molecule has 0 aromatic heterocycles. The number of carbonyl (C=O) groups is 1. The largest absolute Gasteiger partial charge is 0.434 e. The van der Waals surface area contributed by atoms with Gasteiger partial charge in [-0.05, 0) is 26.7 Å². The van der Waals surface area contributed by atoms with E-state index < -0.39 is 85.6 Å². The van der Waals surface area contributed by atoms with Gasteiger partial charge in [-0.2, -0.15) is 26.3 Å². The van der Waals surface area contributed by atoms with Crippen molar-refractivity contribution in [2.45, 2.75) is 87.7 Å². The molecule has 15 heteroatoms. The first-order valence-electron chi connectivity index (χ1n) is 9.80. The van der Waals surface area contributed by atoms with Crippen LogP contribution in [0.5, 0.6) is 0 Å². The Morgan fingerprint density at radius 3 is 1.73 bits per heavy atom. The van der Waals surface area contributed by atoms with Crippen molar-refractivity contribution in [2.24, 2.45) is 5.73 Å². The van der Waals surface area contributed by atoms with Gasteiger partial charge in [-0.25, -0.2) is 13.2 Å². The maximum atomic E-state index is 15.4. The van der Waals surface area contributed by atoms with Gasteiger partial charge in [-0.15, -0.1) is 0 Å². The first kappa shape index (κ1) is 31.7. The Morgan fingerprint density at radius 1 is 0.909 bits per heavy atom. The number of amides is 1. The van der Waals surface area contributed by atoms with Crippen LogP contribution >= 0.6 is 0 Å². The summed E-state index contributed by atoms with van der Waals surface area (Å²) in [4.78, 5) is 12.2. The normalized spacial score (nSPS) is 22.3. The van der Waals surface area contributed by atoms with E-state index >= 15 is 4.39 Å². The van der Waals surface area contributed by atoms with Gasteiger partial charge in [0.05, 0.1) is 18.8 Å². The number of aliphatic hydroxyl groups is 2. The Labute approximate surface area is 184 Å². The van der Waals surface area contributed by atoms with Crippen LogP contribution in [0.2, 0.25) is 0 Å². The summed E-state index contributed by atoms with van der Waals surface area (Å²) < 4.78 is 130. The molecule has 6 nitrogen and oxygen atoms in total. The fourth-order valence-corrected chi connectivity index (χ4v) is 2.79. The maximum Gasteiger partial charge on any atom is 0.434 e. The lowest BCUT2D eigenvalue weighted by Gasteiger charge is -2.45. The molecule has 0 fully saturated rings. The van der Waals surface area contributed by atoms with E-state index in [1.54, 1.807) is 0 Å². The predicted molar refractivity (Wildman–Crippen MR) is 98.3 cm³/mol. The van der Waals surface area contributed by atoms with Crippen LogP contribution in [0.1, 0.15) is 40.5 Å².